The van der Waals surface area contributed by atoms with Crippen molar-refractivity contribution in [2.75, 3.05) is 6.54 Å². The molecule has 1 heterocycles. The molecule has 0 saturated carbocycles. The van der Waals surface area contributed by atoms with E-state index in [1.807, 2.05) is 0 Å². The number of hydrogen-bond acceptors (Lipinski definition) is 1. The monoisotopic (exact) mass is 294 g/mol. The van der Waals surface area contributed by atoms with Crippen LogP contribution in [0.5, 0.6) is 0 Å². The van der Waals surface area contributed by atoms with Crippen molar-refractivity contribution in [3.63, 3.8) is 0 Å². The SMILES string of the molecule is CCCNC(C)c1c(C)[nH]c2c(Br)cccc12. The molecule has 0 saturated heterocycles. The van der Waals surface area contributed by atoms with Gasteiger partial charge in [0.25, 0.3) is 0 Å². The van der Waals surface area contributed by atoms with Gasteiger partial charge in [0.15, 0.2) is 0 Å². The molecule has 3 heteroatoms. The van der Waals surface area contributed by atoms with E-state index in [0.717, 1.165) is 17.4 Å². The van der Waals surface area contributed by atoms with E-state index in [1.165, 1.54) is 22.2 Å². The molecule has 2 rings (SSSR count). The minimum atomic E-state index is 0.387. The molecule has 0 aliphatic heterocycles. The van der Waals surface area contributed by atoms with Crippen molar-refractivity contribution in [2.45, 2.75) is 33.2 Å². The van der Waals surface area contributed by atoms with Crippen molar-refractivity contribution in [1.82, 2.24) is 10.3 Å². The van der Waals surface area contributed by atoms with Crippen molar-refractivity contribution >= 4 is 26.8 Å². The average Bonchev–Trinajstić information content (AvgIpc) is 2.64. The molecule has 0 aliphatic carbocycles. The van der Waals surface area contributed by atoms with Crippen LogP contribution >= 0.6 is 15.9 Å². The second kappa shape index (κ2) is 5.23. The molecule has 1 unspecified atom stereocenters. The Morgan fingerprint density at radius 2 is 2.18 bits per heavy atom. The molecule has 1 aromatic heterocycles. The van der Waals surface area contributed by atoms with E-state index >= 15 is 0 Å². The molecule has 0 amide bonds. The predicted molar refractivity (Wildman–Crippen MR) is 77.4 cm³/mol. The molecule has 0 fully saturated rings. The summed E-state index contributed by atoms with van der Waals surface area (Å²) in [6, 6.07) is 6.74. The third-order valence-electron chi connectivity index (χ3n) is 3.15. The first-order valence-electron chi connectivity index (χ1n) is 6.15. The lowest BCUT2D eigenvalue weighted by Gasteiger charge is -2.13. The molecule has 1 aromatic carbocycles. The molecule has 0 spiro atoms. The van der Waals surface area contributed by atoms with Crippen LogP contribution in [0, 0.1) is 6.92 Å². The maximum Gasteiger partial charge on any atom is 0.0603 e. The van der Waals surface area contributed by atoms with Crippen molar-refractivity contribution in [3.05, 3.63) is 33.9 Å². The van der Waals surface area contributed by atoms with Crippen LogP contribution in [0.3, 0.4) is 0 Å². The number of aromatic nitrogens is 1. The van der Waals surface area contributed by atoms with E-state index in [4.69, 9.17) is 0 Å². The van der Waals surface area contributed by atoms with E-state index in [-0.39, 0.29) is 0 Å². The van der Waals surface area contributed by atoms with Gasteiger partial charge in [0.1, 0.15) is 0 Å². The van der Waals surface area contributed by atoms with Crippen LogP contribution in [0.15, 0.2) is 22.7 Å². The highest BCUT2D eigenvalue weighted by Gasteiger charge is 2.15. The molecule has 0 aliphatic rings. The lowest BCUT2D eigenvalue weighted by molar-refractivity contribution is 0.571. The highest BCUT2D eigenvalue weighted by molar-refractivity contribution is 9.10. The topological polar surface area (TPSA) is 27.8 Å². The zero-order valence-corrected chi connectivity index (χ0v) is 12.2. The van der Waals surface area contributed by atoms with E-state index in [9.17, 15) is 0 Å². The lowest BCUT2D eigenvalue weighted by Crippen LogP contribution is -2.19. The Morgan fingerprint density at radius 3 is 2.88 bits per heavy atom. The van der Waals surface area contributed by atoms with Crippen LogP contribution in [0.1, 0.15) is 37.6 Å². The summed E-state index contributed by atoms with van der Waals surface area (Å²) in [4.78, 5) is 3.47. The van der Waals surface area contributed by atoms with Crippen LogP contribution in [-0.4, -0.2) is 11.5 Å². The second-order valence-electron chi connectivity index (χ2n) is 4.50. The molecule has 0 radical (unpaired) electrons. The Kier molecular flexibility index (Phi) is 3.89. The fourth-order valence-electron chi connectivity index (χ4n) is 2.35. The summed E-state index contributed by atoms with van der Waals surface area (Å²) in [5.41, 5.74) is 3.84. The maximum atomic E-state index is 3.59. The molecule has 2 nitrogen and oxygen atoms in total. The number of aromatic amines is 1. The Bertz CT molecular complexity index is 516. The van der Waals surface area contributed by atoms with E-state index in [2.05, 4.69) is 65.2 Å². The van der Waals surface area contributed by atoms with Gasteiger partial charge in [-0.2, -0.15) is 0 Å². The third kappa shape index (κ3) is 2.40. The van der Waals surface area contributed by atoms with Crippen molar-refractivity contribution in [1.29, 1.82) is 0 Å². The first-order valence-corrected chi connectivity index (χ1v) is 6.94. The van der Waals surface area contributed by atoms with Gasteiger partial charge in [-0.3, -0.25) is 0 Å². The number of halogens is 1. The molecular formula is C14H19BrN2. The zero-order chi connectivity index (χ0) is 12.4. The lowest BCUT2D eigenvalue weighted by atomic mass is 10.0. The summed E-state index contributed by atoms with van der Waals surface area (Å²) in [5, 5.41) is 4.86. The van der Waals surface area contributed by atoms with E-state index in [0.29, 0.717) is 6.04 Å². The summed E-state index contributed by atoms with van der Waals surface area (Å²) in [5.74, 6) is 0. The Hall–Kier alpha value is -0.800. The van der Waals surface area contributed by atoms with Crippen molar-refractivity contribution in [3.8, 4) is 0 Å². The number of nitrogens with one attached hydrogen (secondary N) is 2. The minimum absolute atomic E-state index is 0.387. The number of rotatable bonds is 4. The second-order valence-corrected chi connectivity index (χ2v) is 5.36. The summed E-state index contributed by atoms with van der Waals surface area (Å²) < 4.78 is 1.13. The molecule has 2 N–H and O–H groups in total. The number of H-pyrrole nitrogens is 1. The van der Waals surface area contributed by atoms with Gasteiger partial charge in [0.2, 0.25) is 0 Å². The third-order valence-corrected chi connectivity index (χ3v) is 3.81. The molecule has 2 aromatic rings. The van der Waals surface area contributed by atoms with Gasteiger partial charge >= 0.3 is 0 Å². The fraction of sp³-hybridized carbons (Fsp3) is 0.429. The highest BCUT2D eigenvalue weighted by atomic mass is 79.9. The molecular weight excluding hydrogens is 276 g/mol. The van der Waals surface area contributed by atoms with Gasteiger partial charge in [-0.1, -0.05) is 19.1 Å². The van der Waals surface area contributed by atoms with Crippen LogP contribution in [0.25, 0.3) is 10.9 Å². The minimum Gasteiger partial charge on any atom is -0.357 e. The molecule has 92 valence electrons. The normalized spacial score (nSPS) is 13.2. The van der Waals surface area contributed by atoms with E-state index in [1.54, 1.807) is 0 Å². The Labute approximate surface area is 111 Å². The Morgan fingerprint density at radius 1 is 1.41 bits per heavy atom. The van der Waals surface area contributed by atoms with Gasteiger partial charge in [0, 0.05) is 21.6 Å². The van der Waals surface area contributed by atoms with Gasteiger partial charge < -0.3 is 10.3 Å². The summed E-state index contributed by atoms with van der Waals surface area (Å²) in [6.07, 6.45) is 1.16. The van der Waals surface area contributed by atoms with Crippen molar-refractivity contribution in [2.24, 2.45) is 0 Å². The number of hydrogen-bond donors (Lipinski definition) is 2. The standard InChI is InChI=1S/C14H19BrN2/c1-4-8-16-9(2)13-10(3)17-14-11(13)6-5-7-12(14)15/h5-7,9,16-17H,4,8H2,1-3H3. The van der Waals surface area contributed by atoms with E-state index < -0.39 is 0 Å². The van der Waals surface area contributed by atoms with Crippen LogP contribution in [-0.2, 0) is 0 Å². The van der Waals surface area contributed by atoms with Crippen LogP contribution < -0.4 is 5.32 Å². The first-order chi connectivity index (χ1) is 8.15. The summed E-state index contributed by atoms with van der Waals surface area (Å²) in [6.45, 7) is 7.62. The number of aryl methyl sites for hydroxylation is 1. The van der Waals surface area contributed by atoms with Gasteiger partial charge in [0.05, 0.1) is 5.52 Å². The number of benzene rings is 1. The fourth-order valence-corrected chi connectivity index (χ4v) is 2.82. The largest absolute Gasteiger partial charge is 0.357 e. The van der Waals surface area contributed by atoms with Gasteiger partial charge in [-0.15, -0.1) is 0 Å². The van der Waals surface area contributed by atoms with Crippen LogP contribution in [0.2, 0.25) is 0 Å². The number of para-hydroxylation sites is 1. The van der Waals surface area contributed by atoms with Crippen LogP contribution in [0.4, 0.5) is 0 Å². The maximum absolute atomic E-state index is 3.59. The zero-order valence-electron chi connectivity index (χ0n) is 10.6. The predicted octanol–water partition coefficient (Wildman–Crippen LogP) is 4.30. The van der Waals surface area contributed by atoms with Gasteiger partial charge in [-0.05, 0) is 54.4 Å². The highest BCUT2D eigenvalue weighted by Crippen LogP contribution is 2.31. The molecule has 1 atom stereocenters. The Balaban J connectivity index is 2.46. The first kappa shape index (κ1) is 12.7. The summed E-state index contributed by atoms with van der Waals surface area (Å²) in [7, 11) is 0. The van der Waals surface area contributed by atoms with Crippen molar-refractivity contribution < 1.29 is 0 Å². The quantitative estimate of drug-likeness (QED) is 0.864. The number of fused-ring (bicyclic) bond motifs is 1. The molecule has 17 heavy (non-hydrogen) atoms. The smallest absolute Gasteiger partial charge is 0.0603 e. The van der Waals surface area contributed by atoms with Gasteiger partial charge in [-0.25, -0.2) is 0 Å². The average molecular weight is 295 g/mol. The molecule has 0 bridgehead atoms. The summed E-state index contributed by atoms with van der Waals surface area (Å²) >= 11 is 3.59.